The van der Waals surface area contributed by atoms with Crippen molar-refractivity contribution >= 4 is 45.7 Å². The molecule has 1 fully saturated rings. The van der Waals surface area contributed by atoms with Crippen LogP contribution in [0, 0.1) is 5.92 Å². The van der Waals surface area contributed by atoms with Gasteiger partial charge in [-0.1, -0.05) is 59.6 Å². The predicted molar refractivity (Wildman–Crippen MR) is 141 cm³/mol. The molecule has 0 saturated carbocycles. The largest absolute Gasteiger partial charge is 0.339 e. The minimum atomic E-state index is 0.0209. The second kappa shape index (κ2) is 10.2. The maximum absolute atomic E-state index is 12.8. The molecule has 2 heterocycles. The van der Waals surface area contributed by atoms with Crippen LogP contribution in [0.15, 0.2) is 78.9 Å². The zero-order valence-corrected chi connectivity index (χ0v) is 20.4. The van der Waals surface area contributed by atoms with Crippen LogP contribution in [-0.4, -0.2) is 28.5 Å². The summed E-state index contributed by atoms with van der Waals surface area (Å²) in [4.78, 5) is 15.2. The predicted octanol–water partition coefficient (Wildman–Crippen LogP) is 6.85. The van der Waals surface area contributed by atoms with Crippen molar-refractivity contribution < 1.29 is 4.79 Å². The summed E-state index contributed by atoms with van der Waals surface area (Å²) >= 11 is 12.3. The van der Waals surface area contributed by atoms with E-state index in [0.717, 1.165) is 49.7 Å². The molecule has 1 aliphatic rings. The van der Waals surface area contributed by atoms with E-state index in [1.54, 1.807) is 12.1 Å². The van der Waals surface area contributed by atoms with Gasteiger partial charge in [0.1, 0.15) is 0 Å². The molecule has 4 nitrogen and oxygen atoms in total. The van der Waals surface area contributed by atoms with Crippen LogP contribution in [0.5, 0.6) is 0 Å². The van der Waals surface area contributed by atoms with Gasteiger partial charge in [-0.05, 0) is 79.3 Å². The molecule has 1 N–H and O–H groups in total. The molecule has 0 aliphatic carbocycles. The highest BCUT2D eigenvalue weighted by Gasteiger charge is 2.26. The van der Waals surface area contributed by atoms with Crippen molar-refractivity contribution in [1.29, 1.82) is 0 Å². The summed E-state index contributed by atoms with van der Waals surface area (Å²) in [5.41, 5.74) is 4.45. The molecular weight excluding hydrogens is 465 g/mol. The maximum atomic E-state index is 12.8. The van der Waals surface area contributed by atoms with Gasteiger partial charge >= 0.3 is 0 Å². The number of para-hydroxylation sites is 1. The van der Waals surface area contributed by atoms with Crippen LogP contribution in [0.25, 0.3) is 10.9 Å². The van der Waals surface area contributed by atoms with Gasteiger partial charge in [-0.25, -0.2) is 0 Å². The Morgan fingerprint density at radius 2 is 1.59 bits per heavy atom. The number of fused-ring (bicyclic) bond motifs is 1. The molecular formula is C28H27Cl2N3O. The Morgan fingerprint density at radius 1 is 0.853 bits per heavy atom. The first-order chi connectivity index (χ1) is 16.5. The van der Waals surface area contributed by atoms with Gasteiger partial charge in [-0.15, -0.1) is 0 Å². The van der Waals surface area contributed by atoms with Crippen molar-refractivity contribution in [3.05, 3.63) is 100 Å². The number of rotatable bonds is 6. The first-order valence-corrected chi connectivity index (χ1v) is 12.4. The molecule has 5 rings (SSSR count). The zero-order chi connectivity index (χ0) is 23.5. The number of amides is 1. The number of aromatic nitrogens is 1. The fourth-order valence-corrected chi connectivity index (χ4v) is 5.20. The van der Waals surface area contributed by atoms with Gasteiger partial charge in [-0.2, -0.15) is 0 Å². The normalized spacial score (nSPS) is 15.0. The minimum Gasteiger partial charge on any atom is -0.339 e. The second-order valence-corrected chi connectivity index (χ2v) is 9.83. The first-order valence-electron chi connectivity index (χ1n) is 11.7. The lowest BCUT2D eigenvalue weighted by molar-refractivity contribution is -0.121. The average molecular weight is 492 g/mol. The van der Waals surface area contributed by atoms with Crippen LogP contribution in [0.1, 0.15) is 24.1 Å². The molecule has 0 unspecified atom stereocenters. The molecule has 0 atom stereocenters. The molecule has 1 saturated heterocycles. The van der Waals surface area contributed by atoms with Crippen molar-refractivity contribution in [1.82, 2.24) is 9.47 Å². The molecule has 0 bridgehead atoms. The van der Waals surface area contributed by atoms with Crippen LogP contribution in [0.2, 0.25) is 10.0 Å². The molecule has 4 aromatic rings. The second-order valence-electron chi connectivity index (χ2n) is 8.96. The van der Waals surface area contributed by atoms with Crippen LogP contribution in [-0.2, 0) is 17.9 Å². The van der Waals surface area contributed by atoms with E-state index in [9.17, 15) is 4.79 Å². The molecule has 1 aromatic heterocycles. The Bertz CT molecular complexity index is 1310. The van der Waals surface area contributed by atoms with E-state index < -0.39 is 0 Å². The van der Waals surface area contributed by atoms with Gasteiger partial charge in [0.25, 0.3) is 0 Å². The van der Waals surface area contributed by atoms with Crippen LogP contribution in [0.3, 0.4) is 0 Å². The van der Waals surface area contributed by atoms with Crippen LogP contribution in [0.4, 0.5) is 5.69 Å². The van der Waals surface area contributed by atoms with Gasteiger partial charge in [0.2, 0.25) is 5.91 Å². The number of carbonyl (C=O) groups is 1. The number of piperidine rings is 1. The van der Waals surface area contributed by atoms with E-state index in [2.05, 4.69) is 51.2 Å². The van der Waals surface area contributed by atoms with Crippen molar-refractivity contribution in [3.8, 4) is 0 Å². The molecule has 3 aromatic carbocycles. The van der Waals surface area contributed by atoms with E-state index in [-0.39, 0.29) is 11.8 Å². The molecule has 1 amide bonds. The molecule has 6 heteroatoms. The Kier molecular flexibility index (Phi) is 6.91. The number of hydrogen-bond acceptors (Lipinski definition) is 2. The average Bonchev–Trinajstić information content (AvgIpc) is 3.16. The van der Waals surface area contributed by atoms with E-state index in [1.807, 2.05) is 30.3 Å². The summed E-state index contributed by atoms with van der Waals surface area (Å²) in [6.45, 7) is 3.43. The third-order valence-electron chi connectivity index (χ3n) is 6.56. The Morgan fingerprint density at radius 3 is 2.35 bits per heavy atom. The molecule has 1 aliphatic heterocycles. The van der Waals surface area contributed by atoms with Crippen molar-refractivity contribution in [2.45, 2.75) is 25.9 Å². The fourth-order valence-electron chi connectivity index (χ4n) is 4.80. The number of nitrogens with zero attached hydrogens (tertiary/aromatic N) is 2. The molecule has 174 valence electrons. The Balaban J connectivity index is 1.26. The van der Waals surface area contributed by atoms with E-state index >= 15 is 0 Å². The smallest absolute Gasteiger partial charge is 0.227 e. The number of nitrogens with one attached hydrogen (secondary N) is 1. The number of hydrogen-bond donors (Lipinski definition) is 1. The molecule has 0 spiro atoms. The monoisotopic (exact) mass is 491 g/mol. The van der Waals surface area contributed by atoms with Gasteiger partial charge in [0.15, 0.2) is 0 Å². The van der Waals surface area contributed by atoms with E-state index in [4.69, 9.17) is 23.2 Å². The lowest BCUT2D eigenvalue weighted by atomic mass is 9.95. The minimum absolute atomic E-state index is 0.0209. The van der Waals surface area contributed by atoms with E-state index in [1.165, 1.54) is 22.2 Å². The maximum Gasteiger partial charge on any atom is 0.227 e. The summed E-state index contributed by atoms with van der Waals surface area (Å²) in [6, 6.07) is 26.2. The number of likely N-dealkylation sites (tertiary alicyclic amines) is 1. The van der Waals surface area contributed by atoms with Gasteiger partial charge in [0.05, 0.1) is 0 Å². The molecule has 0 radical (unpaired) electrons. The summed E-state index contributed by atoms with van der Waals surface area (Å²) < 4.78 is 2.39. The van der Waals surface area contributed by atoms with Crippen molar-refractivity contribution in [2.24, 2.45) is 5.92 Å². The topological polar surface area (TPSA) is 37.3 Å². The SMILES string of the molecule is O=C(Nc1cccc(Cl)c1)C1CCN(Cc2cc3ccccc3n2Cc2cccc(Cl)c2)CC1. The standard InChI is InChI=1S/C28H27Cl2N3O/c29-23-7-3-5-20(15-23)18-33-26(16-22-6-1-2-10-27(22)33)19-32-13-11-21(12-14-32)28(34)31-25-9-4-8-24(30)17-25/h1-10,15-17,21H,11-14,18-19H2,(H,31,34). The van der Waals surface area contributed by atoms with Crippen molar-refractivity contribution in [3.63, 3.8) is 0 Å². The lowest BCUT2D eigenvalue weighted by Crippen LogP contribution is -2.38. The first kappa shape index (κ1) is 23.0. The Labute approximate surface area is 210 Å². The highest BCUT2D eigenvalue weighted by atomic mass is 35.5. The third kappa shape index (κ3) is 5.30. The van der Waals surface area contributed by atoms with Gasteiger partial charge < -0.3 is 9.88 Å². The third-order valence-corrected chi connectivity index (χ3v) is 7.03. The zero-order valence-electron chi connectivity index (χ0n) is 18.9. The Hall–Kier alpha value is -2.79. The fraction of sp³-hybridized carbons (Fsp3) is 0.250. The number of anilines is 1. The van der Waals surface area contributed by atoms with E-state index in [0.29, 0.717) is 5.02 Å². The summed E-state index contributed by atoms with van der Waals surface area (Å²) in [5, 5.41) is 5.65. The van der Waals surface area contributed by atoms with Crippen LogP contribution >= 0.6 is 23.2 Å². The van der Waals surface area contributed by atoms with Gasteiger partial charge in [0, 0.05) is 46.0 Å². The summed E-state index contributed by atoms with van der Waals surface area (Å²) in [7, 11) is 0. The van der Waals surface area contributed by atoms with Crippen molar-refractivity contribution in [2.75, 3.05) is 18.4 Å². The summed E-state index contributed by atoms with van der Waals surface area (Å²) in [6.07, 6.45) is 1.70. The number of halogens is 2. The number of benzene rings is 3. The highest BCUT2D eigenvalue weighted by molar-refractivity contribution is 6.31. The number of carbonyl (C=O) groups excluding carboxylic acids is 1. The molecule has 34 heavy (non-hydrogen) atoms. The van der Waals surface area contributed by atoms with Gasteiger partial charge in [-0.3, -0.25) is 9.69 Å². The quantitative estimate of drug-likeness (QED) is 0.320. The lowest BCUT2D eigenvalue weighted by Gasteiger charge is -2.31. The van der Waals surface area contributed by atoms with Crippen LogP contribution < -0.4 is 5.32 Å². The highest BCUT2D eigenvalue weighted by Crippen LogP contribution is 2.26. The summed E-state index contributed by atoms with van der Waals surface area (Å²) in [5.74, 6) is 0.101.